The van der Waals surface area contributed by atoms with Gasteiger partial charge in [-0.3, -0.25) is 9.10 Å². The fourth-order valence-electron chi connectivity index (χ4n) is 2.72. The summed E-state index contributed by atoms with van der Waals surface area (Å²) in [6.07, 6.45) is 1.10. The van der Waals surface area contributed by atoms with Crippen LogP contribution in [0.4, 0.5) is 5.69 Å². The van der Waals surface area contributed by atoms with E-state index in [2.05, 4.69) is 5.32 Å². The van der Waals surface area contributed by atoms with Crippen LogP contribution in [0.3, 0.4) is 0 Å². The Kier molecular flexibility index (Phi) is 6.85. The summed E-state index contributed by atoms with van der Waals surface area (Å²) in [5.74, 6) is 0.352. The number of hydrogen-bond acceptors (Lipinski definition) is 4. The maximum Gasteiger partial charge on any atom is 0.240 e. The summed E-state index contributed by atoms with van der Waals surface area (Å²) in [6.45, 7) is 6.06. The molecule has 2 aromatic rings. The minimum absolute atomic E-state index is 0.271. The lowest BCUT2D eigenvalue weighted by Gasteiger charge is -2.24. The van der Waals surface area contributed by atoms with Crippen LogP contribution in [0.25, 0.3) is 0 Å². The average Bonchev–Trinajstić information content (AvgIpc) is 2.56. The van der Waals surface area contributed by atoms with Crippen molar-refractivity contribution >= 4 is 21.6 Å². The Morgan fingerprint density at radius 2 is 1.78 bits per heavy atom. The first-order valence-electron chi connectivity index (χ1n) is 8.68. The van der Waals surface area contributed by atoms with Gasteiger partial charge in [0.1, 0.15) is 18.9 Å². The average molecular weight is 391 g/mol. The van der Waals surface area contributed by atoms with E-state index in [4.69, 9.17) is 4.74 Å². The smallest absolute Gasteiger partial charge is 0.240 e. The van der Waals surface area contributed by atoms with E-state index in [1.54, 1.807) is 6.07 Å². The summed E-state index contributed by atoms with van der Waals surface area (Å²) >= 11 is 0. The SMILES string of the molecule is Cc1cccc(OCCNC(=O)CN(c2ccc(C)cc2C)S(C)(=O)=O)c1. The van der Waals surface area contributed by atoms with Gasteiger partial charge < -0.3 is 10.1 Å². The van der Waals surface area contributed by atoms with Gasteiger partial charge in [-0.25, -0.2) is 8.42 Å². The molecule has 7 heteroatoms. The molecule has 0 bridgehead atoms. The molecule has 0 saturated heterocycles. The minimum atomic E-state index is -3.59. The summed E-state index contributed by atoms with van der Waals surface area (Å²) in [5.41, 5.74) is 3.43. The van der Waals surface area contributed by atoms with E-state index < -0.39 is 10.0 Å². The van der Waals surface area contributed by atoms with E-state index in [0.29, 0.717) is 12.3 Å². The number of ether oxygens (including phenoxy) is 1. The summed E-state index contributed by atoms with van der Waals surface area (Å²) in [4.78, 5) is 12.2. The van der Waals surface area contributed by atoms with E-state index >= 15 is 0 Å². The Labute approximate surface area is 161 Å². The molecular formula is C20H26N2O4S. The molecule has 0 heterocycles. The number of sulfonamides is 1. The summed E-state index contributed by atoms with van der Waals surface area (Å²) in [6, 6.07) is 13.1. The van der Waals surface area contributed by atoms with Crippen molar-refractivity contribution in [3.8, 4) is 5.75 Å². The Balaban J connectivity index is 1.94. The Hall–Kier alpha value is -2.54. The molecule has 0 aliphatic carbocycles. The monoisotopic (exact) mass is 390 g/mol. The molecule has 27 heavy (non-hydrogen) atoms. The van der Waals surface area contributed by atoms with Crippen LogP contribution in [0.15, 0.2) is 42.5 Å². The van der Waals surface area contributed by atoms with E-state index in [1.807, 2.05) is 57.2 Å². The van der Waals surface area contributed by atoms with Crippen LogP contribution < -0.4 is 14.4 Å². The minimum Gasteiger partial charge on any atom is -0.492 e. The van der Waals surface area contributed by atoms with Crippen LogP contribution in [-0.4, -0.2) is 40.3 Å². The molecular weight excluding hydrogens is 364 g/mol. The van der Waals surface area contributed by atoms with Gasteiger partial charge in [0.25, 0.3) is 0 Å². The summed E-state index contributed by atoms with van der Waals surface area (Å²) in [7, 11) is -3.59. The molecule has 6 nitrogen and oxygen atoms in total. The van der Waals surface area contributed by atoms with Gasteiger partial charge in [-0.2, -0.15) is 0 Å². The fraction of sp³-hybridized carbons (Fsp3) is 0.350. The van der Waals surface area contributed by atoms with E-state index in [1.165, 1.54) is 0 Å². The standard InChI is InChI=1S/C20H26N2O4S/c1-15-6-5-7-18(13-15)26-11-10-21-20(23)14-22(27(4,24)25)19-9-8-16(2)12-17(19)3/h5-9,12-13H,10-11,14H2,1-4H3,(H,21,23). The molecule has 1 N–H and O–H groups in total. The van der Waals surface area contributed by atoms with Crippen LogP contribution in [0.2, 0.25) is 0 Å². The summed E-state index contributed by atoms with van der Waals surface area (Å²) < 4.78 is 31.0. The number of rotatable bonds is 8. The van der Waals surface area contributed by atoms with Crippen molar-refractivity contribution in [1.29, 1.82) is 0 Å². The number of nitrogens with zero attached hydrogens (tertiary/aromatic N) is 1. The molecule has 0 radical (unpaired) electrons. The maximum atomic E-state index is 12.2. The van der Waals surface area contributed by atoms with Crippen molar-refractivity contribution in [1.82, 2.24) is 5.32 Å². The van der Waals surface area contributed by atoms with E-state index in [0.717, 1.165) is 33.0 Å². The topological polar surface area (TPSA) is 75.7 Å². The highest BCUT2D eigenvalue weighted by Crippen LogP contribution is 2.23. The Morgan fingerprint density at radius 3 is 2.41 bits per heavy atom. The van der Waals surface area contributed by atoms with Crippen molar-refractivity contribution in [2.75, 3.05) is 30.3 Å². The van der Waals surface area contributed by atoms with E-state index in [9.17, 15) is 13.2 Å². The molecule has 2 aromatic carbocycles. The largest absolute Gasteiger partial charge is 0.492 e. The zero-order valence-electron chi connectivity index (χ0n) is 16.2. The number of anilines is 1. The van der Waals surface area contributed by atoms with Crippen LogP contribution >= 0.6 is 0 Å². The quantitative estimate of drug-likeness (QED) is 0.703. The lowest BCUT2D eigenvalue weighted by Crippen LogP contribution is -2.41. The maximum absolute atomic E-state index is 12.2. The molecule has 2 rings (SSSR count). The van der Waals surface area contributed by atoms with Crippen molar-refractivity contribution in [2.24, 2.45) is 0 Å². The third kappa shape index (κ3) is 6.29. The Bertz CT molecular complexity index is 910. The van der Waals surface area contributed by atoms with Crippen LogP contribution in [0.5, 0.6) is 5.75 Å². The van der Waals surface area contributed by atoms with Gasteiger partial charge in [-0.15, -0.1) is 0 Å². The third-order valence-corrected chi connectivity index (χ3v) is 5.12. The van der Waals surface area contributed by atoms with Gasteiger partial charge in [-0.05, 0) is 50.1 Å². The van der Waals surface area contributed by atoms with Gasteiger partial charge in [0.05, 0.1) is 18.5 Å². The molecule has 0 aliphatic heterocycles. The van der Waals surface area contributed by atoms with Crippen LogP contribution in [-0.2, 0) is 14.8 Å². The molecule has 0 atom stereocenters. The second-order valence-electron chi connectivity index (χ2n) is 6.57. The van der Waals surface area contributed by atoms with Crippen LogP contribution in [0.1, 0.15) is 16.7 Å². The molecule has 0 aromatic heterocycles. The highest BCUT2D eigenvalue weighted by Gasteiger charge is 2.22. The predicted molar refractivity (Wildman–Crippen MR) is 108 cm³/mol. The van der Waals surface area contributed by atoms with E-state index in [-0.39, 0.29) is 19.0 Å². The first-order valence-corrected chi connectivity index (χ1v) is 10.5. The Morgan fingerprint density at radius 1 is 1.07 bits per heavy atom. The van der Waals surface area contributed by atoms with Crippen molar-refractivity contribution < 1.29 is 17.9 Å². The first-order chi connectivity index (χ1) is 12.7. The lowest BCUT2D eigenvalue weighted by molar-refractivity contribution is -0.119. The molecule has 1 amide bonds. The van der Waals surface area contributed by atoms with Crippen molar-refractivity contribution in [3.63, 3.8) is 0 Å². The number of amides is 1. The van der Waals surface area contributed by atoms with Gasteiger partial charge in [0.15, 0.2) is 0 Å². The number of benzene rings is 2. The van der Waals surface area contributed by atoms with Gasteiger partial charge in [0, 0.05) is 0 Å². The highest BCUT2D eigenvalue weighted by molar-refractivity contribution is 7.92. The normalized spacial score (nSPS) is 11.1. The zero-order chi connectivity index (χ0) is 20.0. The molecule has 0 fully saturated rings. The molecule has 0 unspecified atom stereocenters. The number of carbonyl (C=O) groups is 1. The predicted octanol–water partition coefficient (Wildman–Crippen LogP) is 2.57. The first kappa shape index (κ1) is 20.8. The van der Waals surface area contributed by atoms with Gasteiger partial charge in [-0.1, -0.05) is 29.8 Å². The lowest BCUT2D eigenvalue weighted by atomic mass is 10.1. The third-order valence-electron chi connectivity index (χ3n) is 3.99. The summed E-state index contributed by atoms with van der Waals surface area (Å²) in [5, 5.41) is 2.70. The fourth-order valence-corrected chi connectivity index (χ4v) is 3.63. The number of carbonyl (C=O) groups excluding carboxylic acids is 1. The van der Waals surface area contributed by atoms with Crippen molar-refractivity contribution in [2.45, 2.75) is 20.8 Å². The van der Waals surface area contributed by atoms with Crippen molar-refractivity contribution in [3.05, 3.63) is 59.2 Å². The van der Waals surface area contributed by atoms with Crippen LogP contribution in [0, 0.1) is 20.8 Å². The van der Waals surface area contributed by atoms with Gasteiger partial charge in [0.2, 0.25) is 15.9 Å². The van der Waals surface area contributed by atoms with Gasteiger partial charge >= 0.3 is 0 Å². The molecule has 0 saturated carbocycles. The molecule has 146 valence electrons. The second kappa shape index (κ2) is 8.90. The second-order valence-corrected chi connectivity index (χ2v) is 8.48. The number of nitrogens with one attached hydrogen (secondary N) is 1. The molecule has 0 aliphatic rings. The highest BCUT2D eigenvalue weighted by atomic mass is 32.2. The number of hydrogen-bond donors (Lipinski definition) is 1. The number of aryl methyl sites for hydroxylation is 3. The molecule has 0 spiro atoms. The zero-order valence-corrected chi connectivity index (χ0v) is 17.0.